The number of nitrogens with two attached hydrogens (primary N) is 1. The Balaban J connectivity index is 1.92. The SMILES string of the molecule is Cc1cccc(NC(=O)Nc2cccc(CNC(=O)C(C)CN)c2)c1. The van der Waals surface area contributed by atoms with Gasteiger partial charge in [-0.25, -0.2) is 4.79 Å². The van der Waals surface area contributed by atoms with Crippen LogP contribution in [-0.2, 0) is 11.3 Å². The third-order valence-electron chi connectivity index (χ3n) is 3.73. The van der Waals surface area contributed by atoms with Crippen molar-refractivity contribution in [2.75, 3.05) is 17.2 Å². The van der Waals surface area contributed by atoms with Gasteiger partial charge in [-0.05, 0) is 42.3 Å². The number of nitrogens with one attached hydrogen (secondary N) is 3. The molecule has 0 spiro atoms. The molecule has 6 nitrogen and oxygen atoms in total. The Morgan fingerprint density at radius 2 is 1.68 bits per heavy atom. The summed E-state index contributed by atoms with van der Waals surface area (Å²) < 4.78 is 0. The number of anilines is 2. The fraction of sp³-hybridized carbons (Fsp3) is 0.263. The quantitative estimate of drug-likeness (QED) is 0.651. The van der Waals surface area contributed by atoms with Gasteiger partial charge in [-0.1, -0.05) is 31.2 Å². The molecule has 0 radical (unpaired) electrons. The van der Waals surface area contributed by atoms with Crippen LogP contribution in [0.25, 0.3) is 0 Å². The first-order chi connectivity index (χ1) is 12.0. The molecule has 132 valence electrons. The maximum absolute atomic E-state index is 12.1. The molecule has 2 aromatic rings. The monoisotopic (exact) mass is 340 g/mol. The van der Waals surface area contributed by atoms with Crippen molar-refractivity contribution in [2.45, 2.75) is 20.4 Å². The fourth-order valence-electron chi connectivity index (χ4n) is 2.25. The van der Waals surface area contributed by atoms with Crippen LogP contribution in [0.2, 0.25) is 0 Å². The Kier molecular flexibility index (Phi) is 6.54. The smallest absolute Gasteiger partial charge is 0.323 e. The van der Waals surface area contributed by atoms with E-state index in [-0.39, 0.29) is 17.9 Å². The first-order valence-corrected chi connectivity index (χ1v) is 8.19. The molecular weight excluding hydrogens is 316 g/mol. The summed E-state index contributed by atoms with van der Waals surface area (Å²) in [5.74, 6) is -0.306. The minimum atomic E-state index is -0.316. The van der Waals surface area contributed by atoms with E-state index in [4.69, 9.17) is 5.73 Å². The van der Waals surface area contributed by atoms with Crippen molar-refractivity contribution in [3.05, 3.63) is 59.7 Å². The summed E-state index contributed by atoms with van der Waals surface area (Å²) >= 11 is 0. The van der Waals surface area contributed by atoms with Crippen LogP contribution in [0, 0.1) is 12.8 Å². The Hall–Kier alpha value is -2.86. The highest BCUT2D eigenvalue weighted by atomic mass is 16.2. The molecule has 0 aromatic heterocycles. The number of amides is 3. The van der Waals surface area contributed by atoms with Crippen molar-refractivity contribution in [2.24, 2.45) is 11.7 Å². The third kappa shape index (κ3) is 5.93. The summed E-state index contributed by atoms with van der Waals surface area (Å²) in [7, 11) is 0. The van der Waals surface area contributed by atoms with Gasteiger partial charge in [0.25, 0.3) is 0 Å². The minimum Gasteiger partial charge on any atom is -0.352 e. The second-order valence-electron chi connectivity index (χ2n) is 6.00. The molecule has 25 heavy (non-hydrogen) atoms. The van der Waals surface area contributed by atoms with Gasteiger partial charge >= 0.3 is 6.03 Å². The van der Waals surface area contributed by atoms with Crippen LogP contribution in [0.1, 0.15) is 18.1 Å². The van der Waals surface area contributed by atoms with Crippen LogP contribution in [-0.4, -0.2) is 18.5 Å². The molecule has 0 aliphatic carbocycles. The van der Waals surface area contributed by atoms with Gasteiger partial charge in [0, 0.05) is 30.4 Å². The van der Waals surface area contributed by atoms with E-state index >= 15 is 0 Å². The van der Waals surface area contributed by atoms with Crippen molar-refractivity contribution in [3.8, 4) is 0 Å². The van der Waals surface area contributed by atoms with Crippen molar-refractivity contribution in [3.63, 3.8) is 0 Å². The van der Waals surface area contributed by atoms with Crippen molar-refractivity contribution in [1.29, 1.82) is 0 Å². The molecular formula is C19H24N4O2. The van der Waals surface area contributed by atoms with Gasteiger partial charge in [-0.15, -0.1) is 0 Å². The molecule has 0 bridgehead atoms. The summed E-state index contributed by atoms with van der Waals surface area (Å²) in [6.07, 6.45) is 0. The average Bonchev–Trinajstić information content (AvgIpc) is 2.59. The van der Waals surface area contributed by atoms with Gasteiger partial charge in [0.15, 0.2) is 0 Å². The maximum atomic E-state index is 12.1. The van der Waals surface area contributed by atoms with E-state index in [0.717, 1.165) is 16.8 Å². The summed E-state index contributed by atoms with van der Waals surface area (Å²) in [4.78, 5) is 23.9. The van der Waals surface area contributed by atoms with E-state index in [2.05, 4.69) is 16.0 Å². The van der Waals surface area contributed by atoms with Crippen LogP contribution < -0.4 is 21.7 Å². The predicted molar refractivity (Wildman–Crippen MR) is 100 cm³/mol. The highest BCUT2D eigenvalue weighted by Gasteiger charge is 2.10. The minimum absolute atomic E-state index is 0.0851. The van der Waals surface area contributed by atoms with E-state index in [1.807, 2.05) is 49.4 Å². The Bertz CT molecular complexity index is 746. The van der Waals surface area contributed by atoms with Crippen LogP contribution in [0.5, 0.6) is 0 Å². The molecule has 0 aliphatic rings. The zero-order valence-electron chi connectivity index (χ0n) is 14.5. The molecule has 5 N–H and O–H groups in total. The average molecular weight is 340 g/mol. The van der Waals surface area contributed by atoms with Crippen LogP contribution in [0.4, 0.5) is 16.2 Å². The normalized spacial score (nSPS) is 11.5. The van der Waals surface area contributed by atoms with E-state index < -0.39 is 0 Å². The van der Waals surface area contributed by atoms with Gasteiger partial charge in [-0.3, -0.25) is 4.79 Å². The summed E-state index contributed by atoms with van der Waals surface area (Å²) in [5.41, 5.74) is 8.83. The second-order valence-corrected chi connectivity index (χ2v) is 6.00. The van der Waals surface area contributed by atoms with E-state index in [9.17, 15) is 9.59 Å². The highest BCUT2D eigenvalue weighted by Crippen LogP contribution is 2.13. The molecule has 2 aromatic carbocycles. The third-order valence-corrected chi connectivity index (χ3v) is 3.73. The highest BCUT2D eigenvalue weighted by molar-refractivity contribution is 5.99. The maximum Gasteiger partial charge on any atom is 0.323 e. The zero-order valence-corrected chi connectivity index (χ0v) is 14.5. The van der Waals surface area contributed by atoms with E-state index in [1.54, 1.807) is 13.0 Å². The summed E-state index contributed by atoms with van der Waals surface area (Å²) in [5, 5.41) is 8.41. The number of hydrogen-bond donors (Lipinski definition) is 4. The summed E-state index contributed by atoms with van der Waals surface area (Å²) in [6, 6.07) is 14.6. The number of rotatable bonds is 6. The van der Waals surface area contributed by atoms with E-state index in [1.165, 1.54) is 0 Å². The molecule has 0 fully saturated rings. The lowest BCUT2D eigenvalue weighted by Gasteiger charge is -2.12. The molecule has 0 saturated carbocycles. The molecule has 1 atom stereocenters. The number of aryl methyl sites for hydroxylation is 1. The number of hydrogen-bond acceptors (Lipinski definition) is 3. The zero-order chi connectivity index (χ0) is 18.2. The molecule has 6 heteroatoms. The lowest BCUT2D eigenvalue weighted by atomic mass is 10.1. The topological polar surface area (TPSA) is 96.2 Å². The number of carbonyl (C=O) groups excluding carboxylic acids is 2. The van der Waals surface area contributed by atoms with Gasteiger partial charge in [0.2, 0.25) is 5.91 Å². The number of benzene rings is 2. The van der Waals surface area contributed by atoms with Crippen LogP contribution in [0.3, 0.4) is 0 Å². The Morgan fingerprint density at radius 1 is 1.04 bits per heavy atom. The van der Waals surface area contributed by atoms with Crippen LogP contribution in [0.15, 0.2) is 48.5 Å². The first-order valence-electron chi connectivity index (χ1n) is 8.19. The first kappa shape index (κ1) is 18.5. The standard InChI is InChI=1S/C19H24N4O2/c1-13-5-3-7-16(9-13)22-19(25)23-17-8-4-6-15(10-17)12-21-18(24)14(2)11-20/h3-10,14H,11-12,20H2,1-2H3,(H,21,24)(H2,22,23,25). The number of carbonyl (C=O) groups is 2. The lowest BCUT2D eigenvalue weighted by molar-refractivity contribution is -0.124. The molecule has 0 heterocycles. The molecule has 2 rings (SSSR count). The van der Waals surface area contributed by atoms with Gasteiger partial charge < -0.3 is 21.7 Å². The van der Waals surface area contributed by atoms with Crippen molar-refractivity contribution >= 4 is 23.3 Å². The molecule has 1 unspecified atom stereocenters. The van der Waals surface area contributed by atoms with Gasteiger partial charge in [0.05, 0.1) is 0 Å². The fourth-order valence-corrected chi connectivity index (χ4v) is 2.25. The summed E-state index contributed by atoms with van der Waals surface area (Å²) in [6.45, 7) is 4.44. The van der Waals surface area contributed by atoms with Crippen molar-refractivity contribution < 1.29 is 9.59 Å². The Labute approximate surface area is 147 Å². The predicted octanol–water partition coefficient (Wildman–Crippen LogP) is 2.85. The molecule has 0 saturated heterocycles. The largest absolute Gasteiger partial charge is 0.352 e. The van der Waals surface area contributed by atoms with Crippen molar-refractivity contribution in [1.82, 2.24) is 5.32 Å². The second kappa shape index (κ2) is 8.84. The lowest BCUT2D eigenvalue weighted by Crippen LogP contribution is -2.32. The van der Waals surface area contributed by atoms with Gasteiger partial charge in [-0.2, -0.15) is 0 Å². The van der Waals surface area contributed by atoms with E-state index in [0.29, 0.717) is 18.8 Å². The Morgan fingerprint density at radius 3 is 2.32 bits per heavy atom. The molecule has 3 amide bonds. The molecule has 0 aliphatic heterocycles. The van der Waals surface area contributed by atoms with Gasteiger partial charge in [0.1, 0.15) is 0 Å². The number of urea groups is 1. The van der Waals surface area contributed by atoms with Crippen LogP contribution >= 0.6 is 0 Å².